The fourth-order valence-electron chi connectivity index (χ4n) is 3.09. The van der Waals surface area contributed by atoms with Crippen LogP contribution in [0.4, 0.5) is 5.69 Å². The van der Waals surface area contributed by atoms with E-state index in [1.54, 1.807) is 55.5 Å². The van der Waals surface area contributed by atoms with Crippen molar-refractivity contribution >= 4 is 45.7 Å². The third-order valence-electron chi connectivity index (χ3n) is 4.51. The molecule has 0 bridgehead atoms. The number of rotatable bonds is 3. The number of anilines is 1. The van der Waals surface area contributed by atoms with Crippen LogP contribution in [0.5, 0.6) is 0 Å². The topological polar surface area (TPSA) is 64.0 Å². The summed E-state index contributed by atoms with van der Waals surface area (Å²) in [7, 11) is 0. The zero-order valence-electron chi connectivity index (χ0n) is 15.3. The number of benzene rings is 3. The van der Waals surface area contributed by atoms with Crippen LogP contribution >= 0.6 is 23.2 Å². The standard InChI is InChI=1S/C22H15Cl2N3O2/c1-13-25-20-5-3-2-4-17(20)22(29)27(13)16-9-6-14(7-10-16)21(28)26-15-8-11-18(23)19(24)12-15/h2-12H,1H3,(H,26,28). The molecule has 0 spiro atoms. The molecule has 0 saturated heterocycles. The van der Waals surface area contributed by atoms with Crippen LogP contribution in [-0.2, 0) is 0 Å². The fraction of sp³-hybridized carbons (Fsp3) is 0.0455. The molecule has 5 nitrogen and oxygen atoms in total. The van der Waals surface area contributed by atoms with Gasteiger partial charge in [0, 0.05) is 11.3 Å². The largest absolute Gasteiger partial charge is 0.322 e. The van der Waals surface area contributed by atoms with Crippen LogP contribution in [0, 0.1) is 6.92 Å². The summed E-state index contributed by atoms with van der Waals surface area (Å²) in [5, 5.41) is 4.09. The van der Waals surface area contributed by atoms with Crippen LogP contribution < -0.4 is 10.9 Å². The second-order valence-electron chi connectivity index (χ2n) is 6.45. The molecule has 0 aliphatic carbocycles. The molecule has 1 aromatic heterocycles. The van der Waals surface area contributed by atoms with E-state index in [0.717, 1.165) is 0 Å². The molecule has 7 heteroatoms. The van der Waals surface area contributed by atoms with Gasteiger partial charge in [-0.25, -0.2) is 4.98 Å². The lowest BCUT2D eigenvalue weighted by Crippen LogP contribution is -2.22. The van der Waals surface area contributed by atoms with Crippen LogP contribution in [0.3, 0.4) is 0 Å². The normalized spacial score (nSPS) is 10.9. The Morgan fingerprint density at radius 1 is 0.966 bits per heavy atom. The van der Waals surface area contributed by atoms with E-state index in [9.17, 15) is 9.59 Å². The maximum Gasteiger partial charge on any atom is 0.265 e. The van der Waals surface area contributed by atoms with Crippen LogP contribution in [0.15, 0.2) is 71.5 Å². The molecule has 1 heterocycles. The van der Waals surface area contributed by atoms with Gasteiger partial charge in [-0.3, -0.25) is 14.2 Å². The third kappa shape index (κ3) is 3.75. The van der Waals surface area contributed by atoms with E-state index in [1.165, 1.54) is 4.57 Å². The Morgan fingerprint density at radius 2 is 1.69 bits per heavy atom. The highest BCUT2D eigenvalue weighted by atomic mass is 35.5. The summed E-state index contributed by atoms with van der Waals surface area (Å²) in [5.74, 6) is 0.275. The van der Waals surface area contributed by atoms with Crippen molar-refractivity contribution in [3.8, 4) is 5.69 Å². The maximum absolute atomic E-state index is 12.9. The van der Waals surface area contributed by atoms with Crippen molar-refractivity contribution in [3.63, 3.8) is 0 Å². The van der Waals surface area contributed by atoms with Crippen molar-refractivity contribution in [1.82, 2.24) is 9.55 Å². The predicted octanol–water partition coefficient (Wildman–Crippen LogP) is 5.25. The van der Waals surface area contributed by atoms with Crippen LogP contribution in [-0.4, -0.2) is 15.5 Å². The quantitative estimate of drug-likeness (QED) is 0.489. The van der Waals surface area contributed by atoms with Gasteiger partial charge in [0.2, 0.25) is 0 Å². The van der Waals surface area contributed by atoms with Gasteiger partial charge in [-0.2, -0.15) is 0 Å². The second-order valence-corrected chi connectivity index (χ2v) is 7.26. The number of halogens is 2. The van der Waals surface area contributed by atoms with Gasteiger partial charge in [-0.05, 0) is 61.5 Å². The summed E-state index contributed by atoms with van der Waals surface area (Å²) >= 11 is 11.9. The molecule has 1 N–H and O–H groups in total. The first kappa shape index (κ1) is 19.2. The monoisotopic (exact) mass is 423 g/mol. The summed E-state index contributed by atoms with van der Waals surface area (Å²) in [5.41, 5.74) is 2.13. The van der Waals surface area contributed by atoms with E-state index >= 15 is 0 Å². The lowest BCUT2D eigenvalue weighted by molar-refractivity contribution is 0.102. The minimum atomic E-state index is -0.296. The second kappa shape index (κ2) is 7.70. The van der Waals surface area contributed by atoms with E-state index in [4.69, 9.17) is 23.2 Å². The molecule has 0 saturated carbocycles. The molecule has 0 aliphatic heterocycles. The molecular formula is C22H15Cl2N3O2. The maximum atomic E-state index is 12.9. The summed E-state index contributed by atoms with van der Waals surface area (Å²) in [6.07, 6.45) is 0. The molecular weight excluding hydrogens is 409 g/mol. The van der Waals surface area contributed by atoms with Crippen LogP contribution in [0.2, 0.25) is 10.0 Å². The summed E-state index contributed by atoms with van der Waals surface area (Å²) < 4.78 is 1.53. The number of fused-ring (bicyclic) bond motifs is 1. The number of carbonyl (C=O) groups is 1. The highest BCUT2D eigenvalue weighted by Gasteiger charge is 2.12. The summed E-state index contributed by atoms with van der Waals surface area (Å²) in [6.45, 7) is 1.78. The molecule has 0 atom stereocenters. The molecule has 144 valence electrons. The number of hydrogen-bond acceptors (Lipinski definition) is 3. The lowest BCUT2D eigenvalue weighted by Gasteiger charge is -2.12. The number of nitrogens with one attached hydrogen (secondary N) is 1. The fourth-order valence-corrected chi connectivity index (χ4v) is 3.38. The Bertz CT molecular complexity index is 1300. The number of nitrogens with zero attached hydrogens (tertiary/aromatic N) is 2. The molecule has 0 radical (unpaired) electrons. The van der Waals surface area contributed by atoms with E-state index in [1.807, 2.05) is 18.2 Å². The van der Waals surface area contributed by atoms with Gasteiger partial charge in [-0.1, -0.05) is 35.3 Å². The number of carbonyl (C=O) groups excluding carboxylic acids is 1. The SMILES string of the molecule is Cc1nc2ccccc2c(=O)n1-c1ccc(C(=O)Nc2ccc(Cl)c(Cl)c2)cc1. The molecule has 1 amide bonds. The molecule has 0 aliphatic rings. The first-order valence-electron chi connectivity index (χ1n) is 8.79. The van der Waals surface area contributed by atoms with Gasteiger partial charge in [0.25, 0.3) is 11.5 Å². The van der Waals surface area contributed by atoms with Gasteiger partial charge in [0.1, 0.15) is 5.82 Å². The number of hydrogen-bond donors (Lipinski definition) is 1. The van der Waals surface area contributed by atoms with Gasteiger partial charge in [0.15, 0.2) is 0 Å². The van der Waals surface area contributed by atoms with Crippen molar-refractivity contribution in [2.75, 3.05) is 5.32 Å². The number of aryl methyl sites for hydroxylation is 1. The van der Waals surface area contributed by atoms with Gasteiger partial charge in [-0.15, -0.1) is 0 Å². The Kier molecular flexibility index (Phi) is 5.09. The van der Waals surface area contributed by atoms with Crippen molar-refractivity contribution in [2.24, 2.45) is 0 Å². The van der Waals surface area contributed by atoms with Crippen molar-refractivity contribution in [1.29, 1.82) is 0 Å². The Balaban J connectivity index is 1.64. The Morgan fingerprint density at radius 3 is 2.41 bits per heavy atom. The number of amides is 1. The molecule has 29 heavy (non-hydrogen) atoms. The van der Waals surface area contributed by atoms with Crippen molar-refractivity contribution < 1.29 is 4.79 Å². The van der Waals surface area contributed by atoms with E-state index in [0.29, 0.717) is 43.7 Å². The first-order valence-corrected chi connectivity index (χ1v) is 9.55. The predicted molar refractivity (Wildman–Crippen MR) is 116 cm³/mol. The van der Waals surface area contributed by atoms with E-state index in [-0.39, 0.29) is 11.5 Å². The zero-order valence-corrected chi connectivity index (χ0v) is 16.8. The number of aromatic nitrogens is 2. The van der Waals surface area contributed by atoms with Crippen LogP contribution in [0.1, 0.15) is 16.2 Å². The molecule has 0 unspecified atom stereocenters. The third-order valence-corrected chi connectivity index (χ3v) is 5.25. The van der Waals surface area contributed by atoms with E-state index < -0.39 is 0 Å². The highest BCUT2D eigenvalue weighted by molar-refractivity contribution is 6.42. The number of para-hydroxylation sites is 1. The van der Waals surface area contributed by atoms with Gasteiger partial charge >= 0.3 is 0 Å². The minimum Gasteiger partial charge on any atom is -0.322 e. The zero-order chi connectivity index (χ0) is 20.5. The van der Waals surface area contributed by atoms with E-state index in [2.05, 4.69) is 10.3 Å². The molecule has 3 aromatic carbocycles. The molecule has 0 fully saturated rings. The Labute approximate surface area is 176 Å². The summed E-state index contributed by atoms with van der Waals surface area (Å²) in [4.78, 5) is 29.9. The smallest absolute Gasteiger partial charge is 0.265 e. The van der Waals surface area contributed by atoms with Crippen molar-refractivity contribution in [2.45, 2.75) is 6.92 Å². The first-order chi connectivity index (χ1) is 13.9. The van der Waals surface area contributed by atoms with Crippen LogP contribution in [0.25, 0.3) is 16.6 Å². The molecule has 4 rings (SSSR count). The summed E-state index contributed by atoms with van der Waals surface area (Å²) in [6, 6.07) is 18.8. The minimum absolute atomic E-state index is 0.152. The van der Waals surface area contributed by atoms with Gasteiger partial charge in [0.05, 0.1) is 26.6 Å². The highest BCUT2D eigenvalue weighted by Crippen LogP contribution is 2.25. The molecule has 4 aromatic rings. The lowest BCUT2D eigenvalue weighted by atomic mass is 10.1. The van der Waals surface area contributed by atoms with Crippen molar-refractivity contribution in [3.05, 3.63) is 98.5 Å². The van der Waals surface area contributed by atoms with Gasteiger partial charge < -0.3 is 5.32 Å². The average Bonchev–Trinajstić information content (AvgIpc) is 2.71. The average molecular weight is 424 g/mol. The Hall–Kier alpha value is -3.15.